The molecule has 0 spiro atoms. The lowest BCUT2D eigenvalue weighted by Crippen LogP contribution is -2.46. The van der Waals surface area contributed by atoms with Crippen molar-refractivity contribution in [1.29, 1.82) is 0 Å². The van der Waals surface area contributed by atoms with E-state index in [2.05, 4.69) is 0 Å². The van der Waals surface area contributed by atoms with Crippen LogP contribution in [0, 0.1) is 0 Å². The molecule has 0 aromatic heterocycles. The predicted molar refractivity (Wildman–Crippen MR) is 65.5 cm³/mol. The largest absolute Gasteiger partial charge is 0.485 e. The highest BCUT2D eigenvalue weighted by Gasteiger charge is 2.33. The number of likely N-dealkylation sites (tertiary alicyclic amines) is 1. The van der Waals surface area contributed by atoms with Gasteiger partial charge in [-0.1, -0.05) is 12.1 Å². The van der Waals surface area contributed by atoms with Crippen molar-refractivity contribution < 1.29 is 14.3 Å². The normalized spacial score (nSPS) is 26.2. The Labute approximate surface area is 105 Å². The van der Waals surface area contributed by atoms with E-state index < -0.39 is 6.10 Å². The maximum Gasteiger partial charge on any atom is 0.267 e. The third kappa shape index (κ3) is 2.01. The van der Waals surface area contributed by atoms with Crippen molar-refractivity contribution in [2.24, 2.45) is 5.73 Å². The van der Waals surface area contributed by atoms with E-state index in [9.17, 15) is 4.79 Å². The molecule has 1 saturated heterocycles. The summed E-state index contributed by atoms with van der Waals surface area (Å²) in [6, 6.07) is 7.47. The van der Waals surface area contributed by atoms with Gasteiger partial charge in [-0.05, 0) is 18.6 Å². The minimum Gasteiger partial charge on any atom is -0.485 e. The lowest BCUT2D eigenvalue weighted by molar-refractivity contribution is -0.140. The summed E-state index contributed by atoms with van der Waals surface area (Å²) in [5.41, 5.74) is 5.80. The first-order chi connectivity index (χ1) is 8.74. The summed E-state index contributed by atoms with van der Waals surface area (Å²) < 4.78 is 11.2. The van der Waals surface area contributed by atoms with Crippen molar-refractivity contribution >= 4 is 5.91 Å². The molecule has 2 N–H and O–H groups in total. The van der Waals surface area contributed by atoms with Gasteiger partial charge in [0, 0.05) is 19.1 Å². The molecule has 0 aliphatic carbocycles. The third-order valence-electron chi connectivity index (χ3n) is 3.32. The van der Waals surface area contributed by atoms with E-state index in [-0.39, 0.29) is 18.6 Å². The average Bonchev–Trinajstić information content (AvgIpc) is 2.84. The second-order valence-corrected chi connectivity index (χ2v) is 4.70. The first kappa shape index (κ1) is 11.3. The fraction of sp³-hybridized carbons (Fsp3) is 0.462. The molecule has 0 unspecified atom stereocenters. The molecule has 0 saturated carbocycles. The second-order valence-electron chi connectivity index (χ2n) is 4.70. The van der Waals surface area contributed by atoms with Gasteiger partial charge in [-0.3, -0.25) is 4.79 Å². The smallest absolute Gasteiger partial charge is 0.267 e. The van der Waals surface area contributed by atoms with E-state index in [1.165, 1.54) is 0 Å². The SMILES string of the molecule is N[C@H]1CCN(C(=O)[C@H]2COc3ccccc3O2)C1. The predicted octanol–water partition coefficient (Wildman–Crippen LogP) is 0.386. The Morgan fingerprint density at radius 1 is 1.33 bits per heavy atom. The van der Waals surface area contributed by atoms with Gasteiger partial charge >= 0.3 is 0 Å². The first-order valence-electron chi connectivity index (χ1n) is 6.17. The van der Waals surface area contributed by atoms with Crippen LogP contribution in [-0.2, 0) is 4.79 Å². The quantitative estimate of drug-likeness (QED) is 0.780. The fourth-order valence-electron chi connectivity index (χ4n) is 2.33. The Morgan fingerprint density at radius 3 is 2.83 bits per heavy atom. The van der Waals surface area contributed by atoms with Crippen LogP contribution in [-0.4, -0.2) is 42.6 Å². The molecule has 5 heteroatoms. The van der Waals surface area contributed by atoms with Crippen molar-refractivity contribution in [1.82, 2.24) is 4.90 Å². The lowest BCUT2D eigenvalue weighted by Gasteiger charge is -2.28. The van der Waals surface area contributed by atoms with Crippen molar-refractivity contribution in [2.75, 3.05) is 19.7 Å². The Balaban J connectivity index is 1.70. The molecular formula is C13H16N2O3. The van der Waals surface area contributed by atoms with Gasteiger partial charge in [-0.25, -0.2) is 0 Å². The molecule has 1 aromatic carbocycles. The van der Waals surface area contributed by atoms with E-state index >= 15 is 0 Å². The summed E-state index contributed by atoms with van der Waals surface area (Å²) >= 11 is 0. The average molecular weight is 248 g/mol. The van der Waals surface area contributed by atoms with Gasteiger partial charge in [0.25, 0.3) is 5.91 Å². The standard InChI is InChI=1S/C13H16N2O3/c14-9-5-6-15(7-9)13(16)12-8-17-10-3-1-2-4-11(10)18-12/h1-4,9,12H,5-8,14H2/t9-,12+/m0/s1. The molecule has 1 fully saturated rings. The van der Waals surface area contributed by atoms with Crippen LogP contribution >= 0.6 is 0 Å². The van der Waals surface area contributed by atoms with Crippen molar-refractivity contribution in [3.8, 4) is 11.5 Å². The van der Waals surface area contributed by atoms with Crippen LogP contribution in [0.2, 0.25) is 0 Å². The van der Waals surface area contributed by atoms with Crippen LogP contribution < -0.4 is 15.2 Å². The molecule has 96 valence electrons. The van der Waals surface area contributed by atoms with Crippen molar-refractivity contribution in [3.63, 3.8) is 0 Å². The molecule has 2 atom stereocenters. The zero-order valence-corrected chi connectivity index (χ0v) is 10.0. The van der Waals surface area contributed by atoms with Gasteiger partial charge in [0.1, 0.15) is 6.61 Å². The molecule has 0 radical (unpaired) electrons. The van der Waals surface area contributed by atoms with E-state index in [1.807, 2.05) is 24.3 Å². The van der Waals surface area contributed by atoms with Crippen LogP contribution in [0.1, 0.15) is 6.42 Å². The molecule has 18 heavy (non-hydrogen) atoms. The summed E-state index contributed by atoms with van der Waals surface area (Å²) in [7, 11) is 0. The maximum atomic E-state index is 12.2. The van der Waals surface area contributed by atoms with Gasteiger partial charge in [0.15, 0.2) is 11.5 Å². The van der Waals surface area contributed by atoms with Crippen LogP contribution in [0.5, 0.6) is 11.5 Å². The summed E-state index contributed by atoms with van der Waals surface area (Å²) in [6.45, 7) is 1.59. The fourth-order valence-corrected chi connectivity index (χ4v) is 2.33. The number of para-hydroxylation sites is 2. The first-order valence-corrected chi connectivity index (χ1v) is 6.17. The number of hydrogen-bond acceptors (Lipinski definition) is 4. The number of ether oxygens (including phenoxy) is 2. The highest BCUT2D eigenvalue weighted by Crippen LogP contribution is 2.31. The van der Waals surface area contributed by atoms with Crippen LogP contribution in [0.15, 0.2) is 24.3 Å². The lowest BCUT2D eigenvalue weighted by atomic mass is 10.2. The van der Waals surface area contributed by atoms with E-state index in [1.54, 1.807) is 4.90 Å². The number of amides is 1. The van der Waals surface area contributed by atoms with Crippen LogP contribution in [0.3, 0.4) is 0 Å². The Hall–Kier alpha value is -1.75. The van der Waals surface area contributed by atoms with Gasteiger partial charge in [0.2, 0.25) is 6.10 Å². The van der Waals surface area contributed by atoms with Crippen molar-refractivity contribution in [2.45, 2.75) is 18.6 Å². The summed E-state index contributed by atoms with van der Waals surface area (Å²) in [5.74, 6) is 1.29. The Bertz CT molecular complexity index is 463. The number of carbonyl (C=O) groups is 1. The number of hydrogen-bond donors (Lipinski definition) is 1. The van der Waals surface area contributed by atoms with Crippen molar-refractivity contribution in [3.05, 3.63) is 24.3 Å². The van der Waals surface area contributed by atoms with Gasteiger partial charge in [-0.15, -0.1) is 0 Å². The molecule has 5 nitrogen and oxygen atoms in total. The highest BCUT2D eigenvalue weighted by atomic mass is 16.6. The van der Waals surface area contributed by atoms with E-state index in [0.29, 0.717) is 24.6 Å². The zero-order chi connectivity index (χ0) is 12.5. The summed E-state index contributed by atoms with van der Waals surface area (Å²) in [4.78, 5) is 14.0. The van der Waals surface area contributed by atoms with Gasteiger partial charge in [0.05, 0.1) is 0 Å². The molecule has 3 rings (SSSR count). The number of nitrogens with zero attached hydrogens (tertiary/aromatic N) is 1. The monoisotopic (exact) mass is 248 g/mol. The van der Waals surface area contributed by atoms with Gasteiger partial charge < -0.3 is 20.1 Å². The summed E-state index contributed by atoms with van der Waals surface area (Å²) in [6.07, 6.45) is 0.306. The Morgan fingerprint density at radius 2 is 2.11 bits per heavy atom. The van der Waals surface area contributed by atoms with Gasteiger partial charge in [-0.2, -0.15) is 0 Å². The minimum atomic E-state index is -0.551. The summed E-state index contributed by atoms with van der Waals surface area (Å²) in [5, 5.41) is 0. The van der Waals surface area contributed by atoms with Crippen LogP contribution in [0.4, 0.5) is 0 Å². The molecule has 2 heterocycles. The number of fused-ring (bicyclic) bond motifs is 1. The van der Waals surface area contributed by atoms with E-state index in [0.717, 1.165) is 6.42 Å². The highest BCUT2D eigenvalue weighted by molar-refractivity contribution is 5.82. The topological polar surface area (TPSA) is 64.8 Å². The molecule has 0 bridgehead atoms. The number of nitrogens with two attached hydrogens (primary N) is 1. The second kappa shape index (κ2) is 4.49. The molecular weight excluding hydrogens is 232 g/mol. The third-order valence-corrected chi connectivity index (χ3v) is 3.32. The molecule has 2 aliphatic rings. The van der Waals surface area contributed by atoms with Crippen LogP contribution in [0.25, 0.3) is 0 Å². The Kier molecular flexibility index (Phi) is 2.83. The molecule has 1 amide bonds. The van der Waals surface area contributed by atoms with E-state index in [4.69, 9.17) is 15.2 Å². The maximum absolute atomic E-state index is 12.2. The number of rotatable bonds is 1. The minimum absolute atomic E-state index is 0.0301. The number of benzene rings is 1. The number of carbonyl (C=O) groups excluding carboxylic acids is 1. The molecule has 1 aromatic rings. The zero-order valence-electron chi connectivity index (χ0n) is 10.0. The molecule has 2 aliphatic heterocycles.